The van der Waals surface area contributed by atoms with Gasteiger partial charge in [0, 0.05) is 32.0 Å². The third kappa shape index (κ3) is 4.69. The van der Waals surface area contributed by atoms with E-state index < -0.39 is 0 Å². The van der Waals surface area contributed by atoms with E-state index in [4.69, 9.17) is 11.6 Å². The molecule has 0 amide bonds. The van der Waals surface area contributed by atoms with E-state index in [1.807, 2.05) is 36.7 Å². The summed E-state index contributed by atoms with van der Waals surface area (Å²) >= 11 is 6.27. The van der Waals surface area contributed by atoms with Crippen molar-refractivity contribution in [3.8, 4) is 0 Å². The van der Waals surface area contributed by atoms with E-state index in [1.165, 1.54) is 5.56 Å². The molecule has 2 heterocycles. The Bertz CT molecular complexity index is 559. The summed E-state index contributed by atoms with van der Waals surface area (Å²) in [6, 6.07) is 7.89. The molecule has 112 valence electrons. The van der Waals surface area contributed by atoms with Crippen LogP contribution in [0.25, 0.3) is 0 Å². The van der Waals surface area contributed by atoms with E-state index in [9.17, 15) is 0 Å². The zero-order chi connectivity index (χ0) is 15.1. The fraction of sp³-hybridized carbons (Fsp3) is 0.375. The number of hydrogen-bond acceptors (Lipinski definition) is 4. The molecule has 0 aliphatic heterocycles. The number of nitrogens with one attached hydrogen (secondary N) is 1. The minimum atomic E-state index is 0.713. The van der Waals surface area contributed by atoms with Crippen LogP contribution in [-0.2, 0) is 13.1 Å². The first kappa shape index (κ1) is 15.7. The predicted octanol–water partition coefficient (Wildman–Crippen LogP) is 3.58. The second-order valence-corrected chi connectivity index (χ2v) is 5.22. The summed E-state index contributed by atoms with van der Waals surface area (Å²) in [6.07, 6.45) is 3.64. The second kappa shape index (κ2) is 7.96. The Labute approximate surface area is 131 Å². The molecule has 0 spiro atoms. The highest BCUT2D eigenvalue weighted by atomic mass is 35.5. The molecular formula is C16H21ClN4. The molecule has 0 aliphatic carbocycles. The van der Waals surface area contributed by atoms with Gasteiger partial charge in [0.25, 0.3) is 0 Å². The highest BCUT2D eigenvalue weighted by Gasteiger charge is 2.10. The van der Waals surface area contributed by atoms with Crippen LogP contribution in [0.1, 0.15) is 25.1 Å². The summed E-state index contributed by atoms with van der Waals surface area (Å²) in [5, 5.41) is 3.93. The number of halogens is 1. The SMILES string of the molecule is CCNc1ccc(Cl)c(CN(CC)Cc2ccncc2)n1. The Morgan fingerprint density at radius 3 is 2.52 bits per heavy atom. The highest BCUT2D eigenvalue weighted by molar-refractivity contribution is 6.31. The minimum Gasteiger partial charge on any atom is -0.370 e. The number of pyridine rings is 2. The van der Waals surface area contributed by atoms with Crippen molar-refractivity contribution in [1.82, 2.24) is 14.9 Å². The summed E-state index contributed by atoms with van der Waals surface area (Å²) < 4.78 is 0. The number of nitrogens with zero attached hydrogens (tertiary/aromatic N) is 3. The predicted molar refractivity (Wildman–Crippen MR) is 87.4 cm³/mol. The van der Waals surface area contributed by atoms with Gasteiger partial charge >= 0.3 is 0 Å². The zero-order valence-electron chi connectivity index (χ0n) is 12.5. The van der Waals surface area contributed by atoms with Gasteiger partial charge in [-0.25, -0.2) is 4.98 Å². The lowest BCUT2D eigenvalue weighted by atomic mass is 10.2. The summed E-state index contributed by atoms with van der Waals surface area (Å²) in [6.45, 7) is 7.58. The van der Waals surface area contributed by atoms with Gasteiger partial charge < -0.3 is 5.32 Å². The quantitative estimate of drug-likeness (QED) is 0.849. The molecule has 2 aromatic rings. The maximum Gasteiger partial charge on any atom is 0.126 e. The van der Waals surface area contributed by atoms with Crippen LogP contribution in [0.15, 0.2) is 36.7 Å². The summed E-state index contributed by atoms with van der Waals surface area (Å²) in [7, 11) is 0. The average molecular weight is 305 g/mol. The maximum absolute atomic E-state index is 6.27. The van der Waals surface area contributed by atoms with Gasteiger partial charge in [-0.3, -0.25) is 9.88 Å². The lowest BCUT2D eigenvalue weighted by Gasteiger charge is -2.21. The fourth-order valence-corrected chi connectivity index (χ4v) is 2.28. The van der Waals surface area contributed by atoms with Crippen molar-refractivity contribution in [1.29, 1.82) is 0 Å². The number of hydrogen-bond donors (Lipinski definition) is 1. The standard InChI is InChI=1S/C16H21ClN4/c1-3-19-16-6-5-14(17)15(20-16)12-21(4-2)11-13-7-9-18-10-8-13/h5-10H,3-4,11-12H2,1-2H3,(H,19,20). The molecule has 1 N–H and O–H groups in total. The van der Waals surface area contributed by atoms with Crippen molar-refractivity contribution in [2.75, 3.05) is 18.4 Å². The first-order chi connectivity index (χ1) is 10.2. The number of rotatable bonds is 7. The Morgan fingerprint density at radius 1 is 1.10 bits per heavy atom. The van der Waals surface area contributed by atoms with Crippen molar-refractivity contribution in [3.05, 3.63) is 52.9 Å². The summed E-state index contributed by atoms with van der Waals surface area (Å²) in [5.74, 6) is 0.872. The lowest BCUT2D eigenvalue weighted by molar-refractivity contribution is 0.268. The normalized spacial score (nSPS) is 10.9. The molecule has 0 aromatic carbocycles. The summed E-state index contributed by atoms with van der Waals surface area (Å²) in [5.41, 5.74) is 2.15. The van der Waals surface area contributed by atoms with E-state index in [2.05, 4.69) is 34.0 Å². The van der Waals surface area contributed by atoms with E-state index in [-0.39, 0.29) is 0 Å². The van der Waals surface area contributed by atoms with Crippen LogP contribution in [0, 0.1) is 0 Å². The van der Waals surface area contributed by atoms with E-state index in [0.717, 1.165) is 37.7 Å². The Balaban J connectivity index is 2.09. The molecule has 4 nitrogen and oxygen atoms in total. The average Bonchev–Trinajstić information content (AvgIpc) is 2.51. The van der Waals surface area contributed by atoms with E-state index >= 15 is 0 Å². The lowest BCUT2D eigenvalue weighted by Crippen LogP contribution is -2.23. The van der Waals surface area contributed by atoms with Crippen LogP contribution in [0.4, 0.5) is 5.82 Å². The van der Waals surface area contributed by atoms with Crippen LogP contribution in [0.5, 0.6) is 0 Å². The van der Waals surface area contributed by atoms with Crippen molar-refractivity contribution in [2.45, 2.75) is 26.9 Å². The fourth-order valence-electron chi connectivity index (χ4n) is 2.11. The molecule has 0 saturated heterocycles. The molecule has 2 aromatic heterocycles. The van der Waals surface area contributed by atoms with Crippen LogP contribution in [0.2, 0.25) is 5.02 Å². The second-order valence-electron chi connectivity index (χ2n) is 4.81. The monoisotopic (exact) mass is 304 g/mol. The van der Waals surface area contributed by atoms with Gasteiger partial charge in [-0.15, -0.1) is 0 Å². The van der Waals surface area contributed by atoms with E-state index in [1.54, 1.807) is 0 Å². The molecule has 21 heavy (non-hydrogen) atoms. The van der Waals surface area contributed by atoms with Crippen LogP contribution in [0.3, 0.4) is 0 Å². The molecule has 0 saturated carbocycles. The molecule has 2 rings (SSSR count). The van der Waals surface area contributed by atoms with Crippen molar-refractivity contribution < 1.29 is 0 Å². The van der Waals surface area contributed by atoms with Crippen LogP contribution >= 0.6 is 11.6 Å². The molecule has 5 heteroatoms. The van der Waals surface area contributed by atoms with Gasteiger partial charge in [-0.2, -0.15) is 0 Å². The van der Waals surface area contributed by atoms with Crippen molar-refractivity contribution in [3.63, 3.8) is 0 Å². The molecule has 0 atom stereocenters. The topological polar surface area (TPSA) is 41.0 Å². The van der Waals surface area contributed by atoms with Crippen molar-refractivity contribution >= 4 is 17.4 Å². The first-order valence-corrected chi connectivity index (χ1v) is 7.61. The third-order valence-electron chi connectivity index (χ3n) is 3.25. The van der Waals surface area contributed by atoms with Gasteiger partial charge in [0.2, 0.25) is 0 Å². The molecule has 0 fully saturated rings. The van der Waals surface area contributed by atoms with Crippen LogP contribution < -0.4 is 5.32 Å². The van der Waals surface area contributed by atoms with Gasteiger partial charge in [-0.05, 0) is 43.3 Å². The Morgan fingerprint density at radius 2 is 1.86 bits per heavy atom. The van der Waals surface area contributed by atoms with Gasteiger partial charge in [-0.1, -0.05) is 18.5 Å². The largest absolute Gasteiger partial charge is 0.370 e. The van der Waals surface area contributed by atoms with Gasteiger partial charge in [0.05, 0.1) is 10.7 Å². The molecule has 0 radical (unpaired) electrons. The smallest absolute Gasteiger partial charge is 0.126 e. The maximum atomic E-state index is 6.27. The Kier molecular flexibility index (Phi) is 5.96. The molecular weight excluding hydrogens is 284 g/mol. The van der Waals surface area contributed by atoms with E-state index in [0.29, 0.717) is 5.02 Å². The molecule has 0 aliphatic rings. The Hall–Kier alpha value is -1.65. The number of anilines is 1. The van der Waals surface area contributed by atoms with Gasteiger partial charge in [0.15, 0.2) is 0 Å². The van der Waals surface area contributed by atoms with Gasteiger partial charge in [0.1, 0.15) is 5.82 Å². The molecule has 0 bridgehead atoms. The minimum absolute atomic E-state index is 0.713. The number of aromatic nitrogens is 2. The first-order valence-electron chi connectivity index (χ1n) is 7.23. The highest BCUT2D eigenvalue weighted by Crippen LogP contribution is 2.19. The van der Waals surface area contributed by atoms with Crippen molar-refractivity contribution in [2.24, 2.45) is 0 Å². The van der Waals surface area contributed by atoms with Crippen LogP contribution in [-0.4, -0.2) is 28.0 Å². The third-order valence-corrected chi connectivity index (χ3v) is 3.60. The summed E-state index contributed by atoms with van der Waals surface area (Å²) in [4.78, 5) is 10.9. The zero-order valence-corrected chi connectivity index (χ0v) is 13.3. The molecule has 0 unspecified atom stereocenters.